The summed E-state index contributed by atoms with van der Waals surface area (Å²) in [5.74, 6) is 4.42. The van der Waals surface area contributed by atoms with Crippen molar-refractivity contribution in [3.05, 3.63) is 0 Å². The summed E-state index contributed by atoms with van der Waals surface area (Å²) >= 11 is 0. The molecule has 0 aliphatic heterocycles. The predicted octanol–water partition coefficient (Wildman–Crippen LogP) is -0.162. The monoisotopic (exact) mass is 201 g/mol. The second-order valence-corrected chi connectivity index (χ2v) is 3.32. The fraction of sp³-hybridized carbons (Fsp3) is 1.00. The molecule has 1 unspecified atom stereocenters. The van der Waals surface area contributed by atoms with Gasteiger partial charge in [-0.2, -0.15) is 0 Å². The Morgan fingerprint density at radius 3 is 2.33 bits per heavy atom. The van der Waals surface area contributed by atoms with Crippen LogP contribution in [0.15, 0.2) is 0 Å². The average Bonchev–Trinajstić information content (AvgIpc) is 1.67. The summed E-state index contributed by atoms with van der Waals surface area (Å²) in [5.41, 5.74) is 0. The van der Waals surface area contributed by atoms with Crippen molar-refractivity contribution in [2.24, 2.45) is 5.90 Å². The van der Waals surface area contributed by atoms with Crippen LogP contribution >= 0.6 is 7.60 Å². The molecule has 9 heavy (non-hydrogen) atoms. The molecular formula is C3H9CuNO3P. The number of rotatable bonds is 3. The molecule has 0 aliphatic carbocycles. The predicted molar refractivity (Wildman–Crippen MR) is 28.0 cm³/mol. The molecule has 6 heteroatoms. The van der Waals surface area contributed by atoms with E-state index in [-0.39, 0.29) is 23.2 Å². The van der Waals surface area contributed by atoms with Crippen molar-refractivity contribution in [2.75, 3.05) is 6.16 Å². The molecule has 0 aromatic heterocycles. The second-order valence-electron chi connectivity index (χ2n) is 1.44. The molecule has 0 aromatic rings. The topological polar surface area (TPSA) is 75.4 Å². The maximum atomic E-state index is 10.3. The van der Waals surface area contributed by atoms with E-state index in [1.165, 1.54) is 0 Å². The zero-order valence-electron chi connectivity index (χ0n) is 4.97. The van der Waals surface area contributed by atoms with Gasteiger partial charge >= 0.3 is 17.1 Å². The van der Waals surface area contributed by atoms with Crippen LogP contribution in [0.4, 0.5) is 0 Å². The minimum absolute atomic E-state index is 0. The summed E-state index contributed by atoms with van der Waals surface area (Å²) < 4.78 is 14.0. The minimum atomic E-state index is -3.65. The molecule has 0 saturated heterocycles. The Labute approximate surface area is 64.7 Å². The number of hydrogen-bond acceptors (Lipinski definition) is 4. The Hall–Kier alpha value is 0.629. The van der Waals surface area contributed by atoms with Crippen LogP contribution in [0.2, 0.25) is 0 Å². The van der Waals surface area contributed by atoms with E-state index in [0.29, 0.717) is 6.42 Å². The van der Waals surface area contributed by atoms with E-state index in [4.69, 9.17) is 0 Å². The van der Waals surface area contributed by atoms with Crippen LogP contribution in [0.5, 0.6) is 0 Å². The molecular weight excluding hydrogens is 193 g/mol. The fourth-order valence-corrected chi connectivity index (χ4v) is 0.980. The van der Waals surface area contributed by atoms with Gasteiger partial charge < -0.3 is 9.46 Å². The first-order valence-corrected chi connectivity index (χ1v) is 4.03. The van der Waals surface area contributed by atoms with Crippen molar-refractivity contribution in [1.29, 1.82) is 0 Å². The SMILES string of the molecule is CCCP(=O)([O-])ON.[Cu+]. The van der Waals surface area contributed by atoms with Crippen LogP contribution in [0.3, 0.4) is 0 Å². The molecule has 0 spiro atoms. The van der Waals surface area contributed by atoms with Gasteiger partial charge in [-0.1, -0.05) is 6.92 Å². The van der Waals surface area contributed by atoms with Crippen LogP contribution in [-0.2, 0) is 26.3 Å². The summed E-state index contributed by atoms with van der Waals surface area (Å²) in [6.07, 6.45) is 0.557. The third-order valence-corrected chi connectivity index (χ3v) is 1.97. The van der Waals surface area contributed by atoms with Crippen molar-refractivity contribution >= 4 is 7.60 Å². The van der Waals surface area contributed by atoms with E-state index in [2.05, 4.69) is 10.5 Å². The van der Waals surface area contributed by atoms with Gasteiger partial charge in [0.25, 0.3) is 0 Å². The Bertz CT molecular complexity index is 109. The zero-order chi connectivity index (χ0) is 6.62. The molecule has 0 saturated carbocycles. The summed E-state index contributed by atoms with van der Waals surface area (Å²) in [5, 5.41) is 0. The summed E-state index contributed by atoms with van der Waals surface area (Å²) in [7, 11) is -3.65. The maximum Gasteiger partial charge on any atom is 1.00 e. The van der Waals surface area contributed by atoms with Crippen molar-refractivity contribution < 1.29 is 31.2 Å². The Morgan fingerprint density at radius 2 is 2.22 bits per heavy atom. The maximum absolute atomic E-state index is 10.3. The molecule has 0 fully saturated rings. The van der Waals surface area contributed by atoms with Gasteiger partial charge in [-0.25, -0.2) is 5.90 Å². The van der Waals surface area contributed by atoms with E-state index >= 15 is 0 Å². The van der Waals surface area contributed by atoms with E-state index < -0.39 is 7.60 Å². The average molecular weight is 202 g/mol. The van der Waals surface area contributed by atoms with E-state index in [1.54, 1.807) is 6.92 Å². The third kappa shape index (κ3) is 6.52. The van der Waals surface area contributed by atoms with Gasteiger partial charge in [0.05, 0.1) is 0 Å². The van der Waals surface area contributed by atoms with Gasteiger partial charge in [0.2, 0.25) is 0 Å². The molecule has 1 atom stereocenters. The van der Waals surface area contributed by atoms with Crippen molar-refractivity contribution in [2.45, 2.75) is 13.3 Å². The van der Waals surface area contributed by atoms with Crippen molar-refractivity contribution in [1.82, 2.24) is 0 Å². The van der Waals surface area contributed by atoms with Gasteiger partial charge in [0.15, 0.2) is 7.60 Å². The summed E-state index contributed by atoms with van der Waals surface area (Å²) in [6.45, 7) is 1.74. The van der Waals surface area contributed by atoms with Gasteiger partial charge in [-0.3, -0.25) is 4.62 Å². The third-order valence-electron chi connectivity index (χ3n) is 0.658. The Balaban J connectivity index is 0. The molecule has 2 N–H and O–H groups in total. The van der Waals surface area contributed by atoms with Gasteiger partial charge in [-0.05, 0) is 6.42 Å². The molecule has 0 rings (SSSR count). The molecule has 0 aliphatic rings. The second kappa shape index (κ2) is 5.42. The normalized spacial score (nSPS) is 15.9. The van der Waals surface area contributed by atoms with Gasteiger partial charge in [0.1, 0.15) is 0 Å². The molecule has 60 valence electrons. The minimum Gasteiger partial charge on any atom is -0.777 e. The van der Waals surface area contributed by atoms with Crippen LogP contribution in [0.1, 0.15) is 13.3 Å². The smallest absolute Gasteiger partial charge is 0.777 e. The van der Waals surface area contributed by atoms with E-state index in [1.807, 2.05) is 0 Å². The quantitative estimate of drug-likeness (QED) is 0.391. The fourth-order valence-electron chi connectivity index (χ4n) is 0.327. The van der Waals surface area contributed by atoms with Crippen LogP contribution < -0.4 is 10.8 Å². The molecule has 0 aromatic carbocycles. The molecule has 0 radical (unpaired) electrons. The molecule has 0 bridgehead atoms. The van der Waals surface area contributed by atoms with E-state index in [9.17, 15) is 9.46 Å². The first-order chi connectivity index (χ1) is 3.62. The Kier molecular flexibility index (Phi) is 7.41. The zero-order valence-corrected chi connectivity index (χ0v) is 6.80. The van der Waals surface area contributed by atoms with E-state index in [0.717, 1.165) is 0 Å². The van der Waals surface area contributed by atoms with Crippen LogP contribution in [-0.4, -0.2) is 6.16 Å². The van der Waals surface area contributed by atoms with Crippen LogP contribution in [0.25, 0.3) is 0 Å². The molecule has 0 amide bonds. The van der Waals surface area contributed by atoms with Crippen molar-refractivity contribution in [3.63, 3.8) is 0 Å². The first-order valence-electron chi connectivity index (χ1n) is 2.31. The molecule has 4 nitrogen and oxygen atoms in total. The van der Waals surface area contributed by atoms with Gasteiger partial charge in [-0.15, -0.1) is 0 Å². The standard InChI is InChI=1S/C3H10NO3P.Cu/c1-2-3-8(5,6)7-4;/h2-4H2,1H3,(H,5,6);/q;+1/p-1. The number of nitrogens with two attached hydrogens (primary N) is 1. The summed E-state index contributed by atoms with van der Waals surface area (Å²) in [4.78, 5) is 10.3. The Morgan fingerprint density at radius 1 is 1.78 bits per heavy atom. The number of hydrogen-bond donors (Lipinski definition) is 1. The summed E-state index contributed by atoms with van der Waals surface area (Å²) in [6, 6.07) is 0. The molecule has 0 heterocycles. The van der Waals surface area contributed by atoms with Crippen molar-refractivity contribution in [3.8, 4) is 0 Å². The first kappa shape index (κ1) is 12.3. The largest absolute Gasteiger partial charge is 1.00 e. The van der Waals surface area contributed by atoms with Gasteiger partial charge in [0, 0.05) is 6.16 Å². The van der Waals surface area contributed by atoms with Crippen LogP contribution in [0, 0.1) is 0 Å².